The molecule has 9 nitrogen and oxygen atoms in total. The van der Waals surface area contributed by atoms with E-state index < -0.39 is 0 Å². The van der Waals surface area contributed by atoms with Crippen LogP contribution < -0.4 is 16.4 Å². The normalized spacial score (nSPS) is 11.3. The summed E-state index contributed by atoms with van der Waals surface area (Å²) < 4.78 is 1.63. The number of carbonyl (C=O) groups is 1. The van der Waals surface area contributed by atoms with Crippen molar-refractivity contribution < 1.29 is 4.79 Å². The monoisotopic (exact) mass is 442 g/mol. The number of hydrogen-bond donors (Lipinski definition) is 3. The van der Waals surface area contributed by atoms with Crippen LogP contribution in [-0.2, 0) is 5.41 Å². The summed E-state index contributed by atoms with van der Waals surface area (Å²) in [6.07, 6.45) is 4.72. The molecule has 168 valence electrons. The number of nitrogen functional groups attached to an aromatic ring is 1. The number of nitrogens with one attached hydrogen (secondary N) is 2. The molecule has 0 saturated heterocycles. The van der Waals surface area contributed by atoms with Crippen LogP contribution in [0.3, 0.4) is 0 Å². The molecular weight excluding hydrogens is 416 g/mol. The van der Waals surface area contributed by atoms with Crippen molar-refractivity contribution in [2.75, 3.05) is 16.4 Å². The van der Waals surface area contributed by atoms with Crippen LogP contribution in [0.4, 0.5) is 23.0 Å². The first kappa shape index (κ1) is 21.9. The Morgan fingerprint density at radius 2 is 1.82 bits per heavy atom. The molecule has 33 heavy (non-hydrogen) atoms. The molecule has 4 N–H and O–H groups in total. The van der Waals surface area contributed by atoms with E-state index in [0.29, 0.717) is 28.7 Å². The molecule has 0 spiro atoms. The average Bonchev–Trinajstić information content (AvgIpc) is 3.24. The molecule has 0 radical (unpaired) electrons. The molecule has 0 unspecified atom stereocenters. The molecule has 0 aliphatic carbocycles. The van der Waals surface area contributed by atoms with E-state index in [2.05, 4.69) is 51.5 Å². The second-order valence-electron chi connectivity index (χ2n) is 8.72. The summed E-state index contributed by atoms with van der Waals surface area (Å²) in [4.78, 5) is 25.4. The number of carbonyl (C=O) groups excluding carboxylic acids is 1. The van der Waals surface area contributed by atoms with Crippen LogP contribution in [0.2, 0.25) is 0 Å². The summed E-state index contributed by atoms with van der Waals surface area (Å²) in [7, 11) is 0. The molecule has 3 heterocycles. The molecule has 0 aliphatic heterocycles. The van der Waals surface area contributed by atoms with E-state index in [1.54, 1.807) is 29.2 Å². The van der Waals surface area contributed by atoms with E-state index in [1.165, 1.54) is 6.33 Å². The van der Waals surface area contributed by atoms with Gasteiger partial charge in [-0.15, -0.1) is 0 Å². The first-order valence-electron chi connectivity index (χ1n) is 10.5. The zero-order valence-corrected chi connectivity index (χ0v) is 19.0. The number of amides is 1. The van der Waals surface area contributed by atoms with Crippen LogP contribution in [-0.4, -0.2) is 30.6 Å². The van der Waals surface area contributed by atoms with Gasteiger partial charge in [-0.1, -0.05) is 26.8 Å². The van der Waals surface area contributed by atoms with Crippen molar-refractivity contribution in [3.8, 4) is 5.82 Å². The maximum absolute atomic E-state index is 12.9. The van der Waals surface area contributed by atoms with E-state index in [9.17, 15) is 4.79 Å². The molecule has 9 heteroatoms. The minimum Gasteiger partial charge on any atom is -0.384 e. The molecule has 1 aromatic carbocycles. The van der Waals surface area contributed by atoms with Gasteiger partial charge in [0.05, 0.1) is 6.20 Å². The maximum Gasteiger partial charge on any atom is 0.255 e. The summed E-state index contributed by atoms with van der Waals surface area (Å²) in [5, 5.41) is 10.7. The van der Waals surface area contributed by atoms with Crippen molar-refractivity contribution in [2.24, 2.45) is 0 Å². The number of rotatable bonds is 5. The molecule has 0 saturated carbocycles. The Morgan fingerprint density at radius 1 is 1.00 bits per heavy atom. The summed E-state index contributed by atoms with van der Waals surface area (Å²) in [6.45, 7) is 8.18. The number of benzene rings is 1. The van der Waals surface area contributed by atoms with Crippen LogP contribution in [0.25, 0.3) is 5.82 Å². The SMILES string of the molecule is Cc1ccc(NC(=O)c2ccnc(C(C)(C)C)c2)cc1Nc1ccnn1-c1cc(N)ncn1. The fraction of sp³-hybridized carbons (Fsp3) is 0.208. The maximum atomic E-state index is 12.9. The smallest absolute Gasteiger partial charge is 0.255 e. The lowest BCUT2D eigenvalue weighted by Crippen LogP contribution is -2.17. The van der Waals surface area contributed by atoms with Crippen molar-refractivity contribution in [3.63, 3.8) is 0 Å². The number of aromatic nitrogens is 5. The van der Waals surface area contributed by atoms with Crippen molar-refractivity contribution in [3.05, 3.63) is 78.0 Å². The van der Waals surface area contributed by atoms with Crippen LogP contribution in [0.1, 0.15) is 42.4 Å². The number of pyridine rings is 1. The quantitative estimate of drug-likeness (QED) is 0.422. The number of anilines is 4. The minimum atomic E-state index is -0.195. The fourth-order valence-electron chi connectivity index (χ4n) is 3.22. The van der Waals surface area contributed by atoms with E-state index in [4.69, 9.17) is 5.73 Å². The largest absolute Gasteiger partial charge is 0.384 e. The molecule has 0 atom stereocenters. The molecular formula is C24H26N8O. The standard InChI is InChI=1S/C24H26N8O/c1-15-5-6-17(30-23(33)16-7-9-26-19(11-16)24(2,3)4)12-18(15)31-21-8-10-29-32(21)22-13-20(25)27-14-28-22/h5-14,31H,1-4H3,(H,30,33)(H2,25,27,28). The van der Waals surface area contributed by atoms with Gasteiger partial charge >= 0.3 is 0 Å². The predicted octanol–water partition coefficient (Wildman–Crippen LogP) is 4.24. The van der Waals surface area contributed by atoms with Crippen LogP contribution >= 0.6 is 0 Å². The third-order valence-corrected chi connectivity index (χ3v) is 5.08. The third kappa shape index (κ3) is 4.98. The van der Waals surface area contributed by atoms with E-state index in [-0.39, 0.29) is 11.3 Å². The third-order valence-electron chi connectivity index (χ3n) is 5.08. The Morgan fingerprint density at radius 3 is 2.58 bits per heavy atom. The second kappa shape index (κ2) is 8.70. The van der Waals surface area contributed by atoms with Crippen molar-refractivity contribution >= 4 is 28.9 Å². The molecule has 3 aromatic heterocycles. The van der Waals surface area contributed by atoms with Gasteiger partial charge in [-0.05, 0) is 36.8 Å². The van der Waals surface area contributed by atoms with Crippen LogP contribution in [0, 0.1) is 6.92 Å². The Balaban J connectivity index is 1.56. The zero-order chi connectivity index (χ0) is 23.6. The summed E-state index contributed by atoms with van der Waals surface area (Å²) in [6, 6.07) is 12.7. The first-order valence-corrected chi connectivity index (χ1v) is 10.5. The molecule has 1 amide bonds. The Kier molecular flexibility index (Phi) is 5.78. The number of nitrogens with zero attached hydrogens (tertiary/aromatic N) is 5. The highest BCUT2D eigenvalue weighted by Gasteiger charge is 2.17. The number of nitrogens with two attached hydrogens (primary N) is 1. The van der Waals surface area contributed by atoms with Gasteiger partial charge in [-0.3, -0.25) is 9.78 Å². The average molecular weight is 443 g/mol. The Labute approximate surface area is 192 Å². The second-order valence-corrected chi connectivity index (χ2v) is 8.72. The van der Waals surface area contributed by atoms with Crippen molar-refractivity contribution in [1.82, 2.24) is 24.7 Å². The van der Waals surface area contributed by atoms with Gasteiger partial charge in [0, 0.05) is 46.4 Å². The van der Waals surface area contributed by atoms with Gasteiger partial charge in [0.2, 0.25) is 0 Å². The zero-order valence-electron chi connectivity index (χ0n) is 19.0. The summed E-state index contributed by atoms with van der Waals surface area (Å²) in [5.74, 6) is 1.40. The van der Waals surface area contributed by atoms with Gasteiger partial charge in [-0.2, -0.15) is 9.78 Å². The van der Waals surface area contributed by atoms with Crippen molar-refractivity contribution in [2.45, 2.75) is 33.1 Å². The lowest BCUT2D eigenvalue weighted by Gasteiger charge is -2.18. The highest BCUT2D eigenvalue weighted by molar-refractivity contribution is 6.04. The van der Waals surface area contributed by atoms with Gasteiger partial charge < -0.3 is 16.4 Å². The molecule has 0 fully saturated rings. The van der Waals surface area contributed by atoms with Crippen LogP contribution in [0.5, 0.6) is 0 Å². The fourth-order valence-corrected chi connectivity index (χ4v) is 3.22. The summed E-state index contributed by atoms with van der Waals surface area (Å²) in [5.41, 5.74) is 9.55. The summed E-state index contributed by atoms with van der Waals surface area (Å²) >= 11 is 0. The molecule has 4 aromatic rings. The van der Waals surface area contributed by atoms with E-state index in [1.807, 2.05) is 37.3 Å². The predicted molar refractivity (Wildman–Crippen MR) is 129 cm³/mol. The molecule has 4 rings (SSSR count). The van der Waals surface area contributed by atoms with Gasteiger partial charge in [0.15, 0.2) is 5.82 Å². The molecule has 0 bridgehead atoms. The van der Waals surface area contributed by atoms with Crippen LogP contribution in [0.15, 0.2) is 61.2 Å². The topological polar surface area (TPSA) is 124 Å². The van der Waals surface area contributed by atoms with E-state index in [0.717, 1.165) is 16.9 Å². The van der Waals surface area contributed by atoms with Gasteiger partial charge in [0.1, 0.15) is 18.0 Å². The number of aryl methyl sites for hydroxylation is 1. The highest BCUT2D eigenvalue weighted by atomic mass is 16.1. The van der Waals surface area contributed by atoms with Crippen molar-refractivity contribution in [1.29, 1.82) is 0 Å². The minimum absolute atomic E-state index is 0.144. The molecule has 0 aliphatic rings. The Bertz CT molecular complexity index is 1310. The lowest BCUT2D eigenvalue weighted by atomic mass is 9.91. The Hall–Kier alpha value is -4.27. The van der Waals surface area contributed by atoms with E-state index >= 15 is 0 Å². The number of hydrogen-bond acceptors (Lipinski definition) is 7. The van der Waals surface area contributed by atoms with Gasteiger partial charge in [-0.25, -0.2) is 9.97 Å². The van der Waals surface area contributed by atoms with Gasteiger partial charge in [0.25, 0.3) is 5.91 Å². The lowest BCUT2D eigenvalue weighted by molar-refractivity contribution is 0.102. The first-order chi connectivity index (χ1) is 15.7. The highest BCUT2D eigenvalue weighted by Crippen LogP contribution is 2.26.